The summed E-state index contributed by atoms with van der Waals surface area (Å²) in [6.45, 7) is 3.87. The van der Waals surface area contributed by atoms with E-state index in [1.807, 2.05) is 6.92 Å². The highest BCUT2D eigenvalue weighted by molar-refractivity contribution is 7.42. The monoisotopic (exact) mass is 178 g/mol. The molecule has 0 aliphatic carbocycles. The molecule has 0 radical (unpaired) electrons. The van der Waals surface area contributed by atoms with Gasteiger partial charge in [-0.25, -0.2) is 0 Å². The minimum absolute atomic E-state index is 0.118. The van der Waals surface area contributed by atoms with Gasteiger partial charge in [-0.1, -0.05) is 0 Å². The summed E-state index contributed by atoms with van der Waals surface area (Å²) < 4.78 is 21.2. The average molecular weight is 178 g/mol. The molecule has 0 spiro atoms. The summed E-state index contributed by atoms with van der Waals surface area (Å²) >= 11 is 0. The highest BCUT2D eigenvalue weighted by Gasteiger charge is 2.42. The largest absolute Gasteiger partial charge is 0.376 e. The van der Waals surface area contributed by atoms with Crippen molar-refractivity contribution in [2.24, 2.45) is 0 Å². The minimum Gasteiger partial charge on any atom is -0.376 e. The van der Waals surface area contributed by atoms with Crippen molar-refractivity contribution in [3.05, 3.63) is 0 Å². The number of ether oxygens (including phenoxy) is 1. The van der Waals surface area contributed by atoms with Crippen molar-refractivity contribution < 1.29 is 18.3 Å². The normalized spacial score (nSPS) is 42.8. The topological polar surface area (TPSA) is 36.9 Å². The molecule has 0 saturated carbocycles. The third kappa shape index (κ3) is 1.55. The summed E-state index contributed by atoms with van der Waals surface area (Å²) in [4.78, 5) is 0. The molecule has 2 aliphatic heterocycles. The Morgan fingerprint density at radius 3 is 2.55 bits per heavy atom. The summed E-state index contributed by atoms with van der Waals surface area (Å²) in [5.74, 6) is 0. The van der Waals surface area contributed by atoms with Crippen LogP contribution in [-0.2, 0) is 18.3 Å². The van der Waals surface area contributed by atoms with Crippen LogP contribution >= 0.6 is 8.60 Å². The van der Waals surface area contributed by atoms with Crippen molar-refractivity contribution >= 4 is 8.60 Å². The first kappa shape index (κ1) is 7.90. The van der Waals surface area contributed by atoms with Gasteiger partial charge in [0.1, 0.15) is 12.2 Å². The van der Waals surface area contributed by atoms with Crippen LogP contribution in [0.3, 0.4) is 0 Å². The molecule has 0 aromatic carbocycles. The van der Waals surface area contributed by atoms with Crippen molar-refractivity contribution in [2.45, 2.75) is 19.1 Å². The predicted molar refractivity (Wildman–Crippen MR) is 39.1 cm³/mol. The number of fused-ring (bicyclic) bond motifs is 1. The van der Waals surface area contributed by atoms with E-state index in [1.54, 1.807) is 0 Å². The lowest BCUT2D eigenvalue weighted by molar-refractivity contribution is 0.122. The Morgan fingerprint density at radius 2 is 2.00 bits per heavy atom. The van der Waals surface area contributed by atoms with Gasteiger partial charge in [0.05, 0.1) is 19.8 Å². The molecular formula is C6H11O4P. The molecule has 0 bridgehead atoms. The Kier molecular flexibility index (Phi) is 2.39. The Hall–Kier alpha value is 0.270. The van der Waals surface area contributed by atoms with Crippen LogP contribution in [0.1, 0.15) is 6.92 Å². The maximum atomic E-state index is 5.42. The molecule has 2 heterocycles. The zero-order valence-electron chi connectivity index (χ0n) is 6.36. The van der Waals surface area contributed by atoms with Crippen LogP contribution in [0.5, 0.6) is 0 Å². The van der Waals surface area contributed by atoms with E-state index in [0.717, 1.165) is 0 Å². The molecule has 2 fully saturated rings. The second-order valence-corrected chi connectivity index (χ2v) is 3.59. The van der Waals surface area contributed by atoms with Gasteiger partial charge in [0.2, 0.25) is 0 Å². The first-order valence-electron chi connectivity index (χ1n) is 3.74. The summed E-state index contributed by atoms with van der Waals surface area (Å²) in [7, 11) is -1.06. The average Bonchev–Trinajstić information content (AvgIpc) is 2.46. The van der Waals surface area contributed by atoms with Crippen molar-refractivity contribution in [2.75, 3.05) is 19.8 Å². The maximum Gasteiger partial charge on any atom is 0.333 e. The van der Waals surface area contributed by atoms with E-state index in [2.05, 4.69) is 0 Å². The fraction of sp³-hybridized carbons (Fsp3) is 1.00. The minimum atomic E-state index is -1.06. The van der Waals surface area contributed by atoms with Crippen LogP contribution in [0.15, 0.2) is 0 Å². The van der Waals surface area contributed by atoms with Crippen LogP contribution in [0.4, 0.5) is 0 Å². The van der Waals surface area contributed by atoms with Crippen LogP contribution < -0.4 is 0 Å². The lowest BCUT2D eigenvalue weighted by atomic mass is 10.3. The van der Waals surface area contributed by atoms with E-state index in [1.165, 1.54) is 0 Å². The molecule has 0 aromatic rings. The lowest BCUT2D eigenvalue weighted by Crippen LogP contribution is -2.18. The van der Waals surface area contributed by atoms with E-state index in [9.17, 15) is 0 Å². The standard InChI is InChI=1S/C6H11O4P/c1-2-8-11-9-5-3-7-4-6(5)10-11/h5-6H,2-4H2,1H3. The molecule has 64 valence electrons. The van der Waals surface area contributed by atoms with Gasteiger partial charge in [0.15, 0.2) is 0 Å². The van der Waals surface area contributed by atoms with E-state index in [0.29, 0.717) is 19.8 Å². The highest BCUT2D eigenvalue weighted by Crippen LogP contribution is 2.50. The van der Waals surface area contributed by atoms with Crippen LogP contribution in [0.2, 0.25) is 0 Å². The molecule has 11 heavy (non-hydrogen) atoms. The first-order chi connectivity index (χ1) is 5.40. The number of hydrogen-bond acceptors (Lipinski definition) is 4. The zero-order valence-corrected chi connectivity index (χ0v) is 7.25. The van der Waals surface area contributed by atoms with Gasteiger partial charge in [-0.05, 0) is 6.92 Å². The summed E-state index contributed by atoms with van der Waals surface area (Å²) in [6, 6.07) is 0. The Balaban J connectivity index is 1.84. The second kappa shape index (κ2) is 3.33. The number of hydrogen-bond donors (Lipinski definition) is 0. The zero-order chi connectivity index (χ0) is 7.68. The Morgan fingerprint density at radius 1 is 1.36 bits per heavy atom. The second-order valence-electron chi connectivity index (χ2n) is 2.47. The van der Waals surface area contributed by atoms with Crippen molar-refractivity contribution in [1.29, 1.82) is 0 Å². The molecule has 2 saturated heterocycles. The van der Waals surface area contributed by atoms with Gasteiger partial charge in [0, 0.05) is 0 Å². The van der Waals surface area contributed by atoms with E-state index in [-0.39, 0.29) is 12.2 Å². The SMILES string of the molecule is CCOP1OC2COCC2O1. The molecule has 4 nitrogen and oxygen atoms in total. The van der Waals surface area contributed by atoms with Gasteiger partial charge >= 0.3 is 8.60 Å². The highest BCUT2D eigenvalue weighted by atomic mass is 31.2. The van der Waals surface area contributed by atoms with Crippen LogP contribution in [-0.4, -0.2) is 32.0 Å². The molecule has 2 aliphatic rings. The van der Waals surface area contributed by atoms with E-state index in [4.69, 9.17) is 18.3 Å². The van der Waals surface area contributed by atoms with E-state index >= 15 is 0 Å². The summed E-state index contributed by atoms with van der Waals surface area (Å²) in [6.07, 6.45) is 0.236. The number of rotatable bonds is 2. The lowest BCUT2D eigenvalue weighted by Gasteiger charge is -2.07. The summed E-state index contributed by atoms with van der Waals surface area (Å²) in [5.41, 5.74) is 0. The predicted octanol–water partition coefficient (Wildman–Crippen LogP) is 1.06. The third-order valence-electron chi connectivity index (χ3n) is 1.66. The molecule has 0 amide bonds. The molecule has 2 rings (SSSR count). The smallest absolute Gasteiger partial charge is 0.333 e. The quantitative estimate of drug-likeness (QED) is 0.592. The van der Waals surface area contributed by atoms with Gasteiger partial charge in [-0.2, -0.15) is 0 Å². The Bertz CT molecular complexity index is 131. The maximum absolute atomic E-state index is 5.42. The Labute approximate surface area is 66.8 Å². The van der Waals surface area contributed by atoms with Gasteiger partial charge < -0.3 is 18.3 Å². The van der Waals surface area contributed by atoms with Crippen LogP contribution in [0, 0.1) is 0 Å². The fourth-order valence-corrected chi connectivity index (χ4v) is 2.34. The molecular weight excluding hydrogens is 167 g/mol. The van der Waals surface area contributed by atoms with Crippen molar-refractivity contribution in [3.8, 4) is 0 Å². The van der Waals surface area contributed by atoms with Gasteiger partial charge in [-0.3, -0.25) is 0 Å². The van der Waals surface area contributed by atoms with Crippen molar-refractivity contribution in [1.82, 2.24) is 0 Å². The molecule has 2 unspecified atom stereocenters. The third-order valence-corrected chi connectivity index (χ3v) is 3.01. The van der Waals surface area contributed by atoms with Gasteiger partial charge in [-0.15, -0.1) is 0 Å². The van der Waals surface area contributed by atoms with Crippen LogP contribution in [0.25, 0.3) is 0 Å². The molecule has 2 atom stereocenters. The first-order valence-corrected chi connectivity index (χ1v) is 4.84. The van der Waals surface area contributed by atoms with Gasteiger partial charge in [0.25, 0.3) is 0 Å². The van der Waals surface area contributed by atoms with E-state index < -0.39 is 8.60 Å². The molecule has 0 aromatic heterocycles. The summed E-state index contributed by atoms with van der Waals surface area (Å²) in [5, 5.41) is 0. The van der Waals surface area contributed by atoms with Crippen molar-refractivity contribution in [3.63, 3.8) is 0 Å². The molecule has 5 heteroatoms. The molecule has 0 N–H and O–H groups in total. The fourth-order valence-electron chi connectivity index (χ4n) is 1.12.